The SMILES string of the molecule is O=C(CCCC[C@@H]1SC[C@@H]2NC(=O)N[C@@H]21)NCCc1cnc[nH]1. The van der Waals surface area contributed by atoms with Gasteiger partial charge in [0.25, 0.3) is 0 Å². The van der Waals surface area contributed by atoms with Crippen LogP contribution in [0.5, 0.6) is 0 Å². The second-order valence-electron chi connectivity index (χ2n) is 6.04. The summed E-state index contributed by atoms with van der Waals surface area (Å²) in [6, 6.07) is 0.501. The number of aromatic nitrogens is 2. The van der Waals surface area contributed by atoms with Crippen molar-refractivity contribution in [3.05, 3.63) is 18.2 Å². The number of H-pyrrole nitrogens is 1. The van der Waals surface area contributed by atoms with Gasteiger partial charge in [0.15, 0.2) is 0 Å². The van der Waals surface area contributed by atoms with Crippen LogP contribution in [0, 0.1) is 0 Å². The minimum Gasteiger partial charge on any atom is -0.356 e. The second-order valence-corrected chi connectivity index (χ2v) is 7.32. The third-order valence-corrected chi connectivity index (χ3v) is 5.86. The third-order valence-electron chi connectivity index (χ3n) is 4.35. The van der Waals surface area contributed by atoms with Crippen molar-refractivity contribution in [3.63, 3.8) is 0 Å². The number of nitrogens with zero attached hydrogens (tertiary/aromatic N) is 1. The number of rotatable bonds is 8. The van der Waals surface area contributed by atoms with Gasteiger partial charge in [0.05, 0.1) is 18.4 Å². The second kappa shape index (κ2) is 7.72. The zero-order valence-electron chi connectivity index (χ0n) is 13.0. The predicted octanol–water partition coefficient (Wildman–Crippen LogP) is 0.794. The molecule has 3 rings (SSSR count). The average Bonchev–Trinajstić information content (AvgIpc) is 3.22. The molecule has 3 heterocycles. The van der Waals surface area contributed by atoms with Crippen LogP contribution in [-0.2, 0) is 11.2 Å². The highest BCUT2D eigenvalue weighted by Gasteiger charge is 2.42. The minimum atomic E-state index is -0.0399. The van der Waals surface area contributed by atoms with E-state index >= 15 is 0 Å². The normalized spacial score (nSPS) is 25.7. The molecule has 3 atom stereocenters. The molecule has 0 spiro atoms. The van der Waals surface area contributed by atoms with Crippen LogP contribution in [-0.4, -0.2) is 51.5 Å². The lowest BCUT2D eigenvalue weighted by Crippen LogP contribution is -2.36. The number of thioether (sulfide) groups is 1. The maximum atomic E-state index is 11.8. The van der Waals surface area contributed by atoms with Gasteiger partial charge in [-0.05, 0) is 12.8 Å². The van der Waals surface area contributed by atoms with Crippen LogP contribution in [0.15, 0.2) is 12.5 Å². The summed E-state index contributed by atoms with van der Waals surface area (Å²) in [5.41, 5.74) is 1.03. The van der Waals surface area contributed by atoms with Gasteiger partial charge in [-0.15, -0.1) is 0 Å². The quantitative estimate of drug-likeness (QED) is 0.416. The first-order valence-electron chi connectivity index (χ1n) is 8.15. The van der Waals surface area contributed by atoms with Crippen LogP contribution in [0.4, 0.5) is 4.79 Å². The summed E-state index contributed by atoms with van der Waals surface area (Å²) in [6.07, 6.45) is 7.73. The molecule has 0 aliphatic carbocycles. The molecule has 126 valence electrons. The van der Waals surface area contributed by atoms with Gasteiger partial charge in [-0.1, -0.05) is 6.42 Å². The Labute approximate surface area is 139 Å². The van der Waals surface area contributed by atoms with Gasteiger partial charge in [0.2, 0.25) is 5.91 Å². The number of carbonyl (C=O) groups is 2. The van der Waals surface area contributed by atoms with Crippen molar-refractivity contribution in [1.29, 1.82) is 0 Å². The van der Waals surface area contributed by atoms with Crippen molar-refractivity contribution in [2.45, 2.75) is 49.4 Å². The molecule has 0 aromatic carbocycles. The Kier molecular flexibility index (Phi) is 5.43. The molecule has 2 fully saturated rings. The van der Waals surface area contributed by atoms with Crippen LogP contribution in [0.2, 0.25) is 0 Å². The fraction of sp³-hybridized carbons (Fsp3) is 0.667. The number of hydrogen-bond donors (Lipinski definition) is 4. The Hall–Kier alpha value is -1.70. The molecule has 1 aromatic rings. The highest BCUT2D eigenvalue weighted by Crippen LogP contribution is 2.33. The fourth-order valence-electron chi connectivity index (χ4n) is 3.12. The number of urea groups is 1. The molecule has 2 aliphatic heterocycles. The molecule has 1 aromatic heterocycles. The number of nitrogens with one attached hydrogen (secondary N) is 4. The van der Waals surface area contributed by atoms with E-state index in [0.717, 1.165) is 37.1 Å². The lowest BCUT2D eigenvalue weighted by atomic mass is 10.0. The topological polar surface area (TPSA) is 98.9 Å². The molecule has 2 saturated heterocycles. The number of carbonyl (C=O) groups excluding carboxylic acids is 2. The zero-order valence-corrected chi connectivity index (χ0v) is 13.8. The molecule has 4 N–H and O–H groups in total. The van der Waals surface area contributed by atoms with Crippen molar-refractivity contribution in [1.82, 2.24) is 25.9 Å². The molecule has 0 saturated carbocycles. The number of aromatic amines is 1. The van der Waals surface area contributed by atoms with E-state index in [9.17, 15) is 9.59 Å². The van der Waals surface area contributed by atoms with Gasteiger partial charge in [-0.3, -0.25) is 4.79 Å². The van der Waals surface area contributed by atoms with Gasteiger partial charge < -0.3 is 20.9 Å². The number of unbranched alkanes of at least 4 members (excludes halogenated alkanes) is 1. The molecule has 0 radical (unpaired) electrons. The van der Waals surface area contributed by atoms with Gasteiger partial charge in [0, 0.05) is 42.3 Å². The smallest absolute Gasteiger partial charge is 0.315 e. The number of hydrogen-bond acceptors (Lipinski definition) is 4. The largest absolute Gasteiger partial charge is 0.356 e. The zero-order chi connectivity index (χ0) is 16.1. The Morgan fingerprint density at radius 1 is 1.39 bits per heavy atom. The summed E-state index contributed by atoms with van der Waals surface area (Å²) in [5, 5.41) is 9.35. The van der Waals surface area contributed by atoms with Crippen LogP contribution in [0.3, 0.4) is 0 Å². The van der Waals surface area contributed by atoms with E-state index in [1.54, 1.807) is 12.5 Å². The van der Waals surface area contributed by atoms with Crippen molar-refractivity contribution in [3.8, 4) is 0 Å². The molecule has 7 nitrogen and oxygen atoms in total. The van der Waals surface area contributed by atoms with E-state index in [1.807, 2.05) is 11.8 Å². The van der Waals surface area contributed by atoms with Crippen molar-refractivity contribution in [2.75, 3.05) is 12.3 Å². The number of imidazole rings is 1. The Morgan fingerprint density at radius 3 is 3.13 bits per heavy atom. The third kappa shape index (κ3) is 4.40. The van der Waals surface area contributed by atoms with E-state index < -0.39 is 0 Å². The summed E-state index contributed by atoms with van der Waals surface area (Å²) in [6.45, 7) is 0.640. The van der Waals surface area contributed by atoms with Crippen molar-refractivity contribution >= 4 is 23.7 Å². The Bertz CT molecular complexity index is 536. The summed E-state index contributed by atoms with van der Waals surface area (Å²) in [4.78, 5) is 30.1. The van der Waals surface area contributed by atoms with Crippen LogP contribution < -0.4 is 16.0 Å². The van der Waals surface area contributed by atoms with Gasteiger partial charge in [0.1, 0.15) is 0 Å². The fourth-order valence-corrected chi connectivity index (χ4v) is 4.66. The molecular weight excluding hydrogens is 314 g/mol. The predicted molar refractivity (Wildman–Crippen MR) is 89.3 cm³/mol. The standard InChI is InChI=1S/C15H23N5O2S/c21-13(17-6-5-10-7-16-9-18-10)4-2-1-3-12-14-11(8-23-12)19-15(22)20-14/h7,9,11-12,14H,1-6,8H2,(H,16,18)(H,17,21)(H2,19,20,22)/t11-,12-,14-/m0/s1. The van der Waals surface area contributed by atoms with Gasteiger partial charge >= 0.3 is 6.03 Å². The van der Waals surface area contributed by atoms with Crippen LogP contribution in [0.25, 0.3) is 0 Å². The molecule has 3 amide bonds. The summed E-state index contributed by atoms with van der Waals surface area (Å²) in [5.74, 6) is 1.10. The van der Waals surface area contributed by atoms with Crippen molar-refractivity contribution < 1.29 is 9.59 Å². The molecule has 0 bridgehead atoms. The first-order valence-corrected chi connectivity index (χ1v) is 9.20. The molecular formula is C15H23N5O2S. The first-order chi connectivity index (χ1) is 11.2. The minimum absolute atomic E-state index is 0.0399. The molecule has 8 heteroatoms. The van der Waals surface area contributed by atoms with E-state index in [-0.39, 0.29) is 24.0 Å². The van der Waals surface area contributed by atoms with Crippen LogP contribution >= 0.6 is 11.8 Å². The van der Waals surface area contributed by atoms with Crippen LogP contribution in [0.1, 0.15) is 31.4 Å². The van der Waals surface area contributed by atoms with E-state index in [2.05, 4.69) is 25.9 Å². The average molecular weight is 337 g/mol. The van der Waals surface area contributed by atoms with Gasteiger partial charge in [-0.2, -0.15) is 11.8 Å². The van der Waals surface area contributed by atoms with E-state index in [4.69, 9.17) is 0 Å². The van der Waals surface area contributed by atoms with E-state index in [0.29, 0.717) is 18.2 Å². The lowest BCUT2D eigenvalue weighted by Gasteiger charge is -2.16. The van der Waals surface area contributed by atoms with E-state index in [1.165, 1.54) is 0 Å². The Morgan fingerprint density at radius 2 is 2.30 bits per heavy atom. The molecule has 2 aliphatic rings. The Balaban J connectivity index is 1.25. The maximum absolute atomic E-state index is 11.8. The summed E-state index contributed by atoms with van der Waals surface area (Å²) in [7, 11) is 0. The van der Waals surface area contributed by atoms with Gasteiger partial charge in [-0.25, -0.2) is 9.78 Å². The lowest BCUT2D eigenvalue weighted by molar-refractivity contribution is -0.121. The summed E-state index contributed by atoms with van der Waals surface area (Å²) < 4.78 is 0. The van der Waals surface area contributed by atoms with Crippen molar-refractivity contribution in [2.24, 2.45) is 0 Å². The number of amides is 3. The first kappa shape index (κ1) is 16.2. The number of fused-ring (bicyclic) bond motifs is 1. The highest BCUT2D eigenvalue weighted by atomic mass is 32.2. The highest BCUT2D eigenvalue weighted by molar-refractivity contribution is 8.00. The summed E-state index contributed by atoms with van der Waals surface area (Å²) >= 11 is 1.92. The monoisotopic (exact) mass is 337 g/mol. The molecule has 0 unspecified atom stereocenters. The maximum Gasteiger partial charge on any atom is 0.315 e. The molecule has 23 heavy (non-hydrogen) atoms.